The molecule has 1 aliphatic rings. The molecule has 1 aliphatic heterocycles. The van der Waals surface area contributed by atoms with Crippen LogP contribution in [0.4, 0.5) is 22.0 Å². The number of aliphatic imine (C=N–C) groups is 1. The van der Waals surface area contributed by atoms with Crippen molar-refractivity contribution in [3.8, 4) is 0 Å². The SMILES string of the molecule is CN1C(=O)CC(c2ccc(F)cc2F)N=C1N.FC(F)(F)c1ccccc1. The van der Waals surface area contributed by atoms with Gasteiger partial charge in [-0.15, -0.1) is 0 Å². The molecule has 0 spiro atoms. The molecule has 4 nitrogen and oxygen atoms in total. The fourth-order valence-corrected chi connectivity index (χ4v) is 2.30. The third-order valence-electron chi connectivity index (χ3n) is 3.80. The molecule has 0 saturated carbocycles. The van der Waals surface area contributed by atoms with Crippen LogP contribution in [0.25, 0.3) is 0 Å². The number of hydrogen-bond donors (Lipinski definition) is 1. The molecule has 1 atom stereocenters. The Kier molecular flexibility index (Phi) is 6.14. The summed E-state index contributed by atoms with van der Waals surface area (Å²) in [7, 11) is 1.50. The van der Waals surface area contributed by atoms with Gasteiger partial charge >= 0.3 is 6.18 Å². The number of carbonyl (C=O) groups excluding carboxylic acids is 1. The van der Waals surface area contributed by atoms with E-state index in [0.29, 0.717) is 0 Å². The molecule has 0 aromatic heterocycles. The highest BCUT2D eigenvalue weighted by Crippen LogP contribution is 2.28. The van der Waals surface area contributed by atoms with Crippen LogP contribution in [0.5, 0.6) is 0 Å². The smallest absolute Gasteiger partial charge is 0.369 e. The first-order chi connectivity index (χ1) is 12.6. The topological polar surface area (TPSA) is 58.7 Å². The van der Waals surface area contributed by atoms with Gasteiger partial charge in [-0.05, 0) is 6.07 Å². The summed E-state index contributed by atoms with van der Waals surface area (Å²) < 4.78 is 61.6. The summed E-state index contributed by atoms with van der Waals surface area (Å²) in [6.07, 6.45) is -4.18. The lowest BCUT2D eigenvalue weighted by Gasteiger charge is -2.25. The fourth-order valence-electron chi connectivity index (χ4n) is 2.30. The minimum atomic E-state index is -4.21. The van der Waals surface area contributed by atoms with E-state index in [9.17, 15) is 26.7 Å². The van der Waals surface area contributed by atoms with Gasteiger partial charge in [-0.2, -0.15) is 13.2 Å². The first-order valence-corrected chi connectivity index (χ1v) is 7.76. The maximum Gasteiger partial charge on any atom is 0.416 e. The maximum atomic E-state index is 13.5. The average molecular weight is 385 g/mol. The lowest BCUT2D eigenvalue weighted by atomic mass is 10.0. The Hall–Kier alpha value is -2.97. The highest BCUT2D eigenvalue weighted by molar-refractivity contribution is 5.98. The van der Waals surface area contributed by atoms with Gasteiger partial charge in [0.15, 0.2) is 5.96 Å². The van der Waals surface area contributed by atoms with Gasteiger partial charge in [-0.3, -0.25) is 9.69 Å². The molecule has 1 amide bonds. The number of hydrogen-bond acceptors (Lipinski definition) is 3. The van der Waals surface area contributed by atoms with E-state index >= 15 is 0 Å². The summed E-state index contributed by atoms with van der Waals surface area (Å²) in [5.41, 5.74) is 5.11. The van der Waals surface area contributed by atoms with E-state index in [-0.39, 0.29) is 23.9 Å². The first kappa shape index (κ1) is 20.3. The second kappa shape index (κ2) is 8.15. The lowest BCUT2D eigenvalue weighted by molar-refractivity contribution is -0.137. The zero-order valence-corrected chi connectivity index (χ0v) is 14.2. The minimum absolute atomic E-state index is 0.0275. The first-order valence-electron chi connectivity index (χ1n) is 7.76. The van der Waals surface area contributed by atoms with Crippen molar-refractivity contribution >= 4 is 11.9 Å². The summed E-state index contributed by atoms with van der Waals surface area (Å²) >= 11 is 0. The van der Waals surface area contributed by atoms with Crippen molar-refractivity contribution in [3.63, 3.8) is 0 Å². The monoisotopic (exact) mass is 385 g/mol. The van der Waals surface area contributed by atoms with Crippen molar-refractivity contribution in [3.05, 3.63) is 71.3 Å². The summed E-state index contributed by atoms with van der Waals surface area (Å²) in [6.45, 7) is 0. The van der Waals surface area contributed by atoms with Crippen LogP contribution in [-0.4, -0.2) is 23.8 Å². The number of guanidine groups is 1. The van der Waals surface area contributed by atoms with Crippen molar-refractivity contribution < 1.29 is 26.7 Å². The number of alkyl halides is 3. The quantitative estimate of drug-likeness (QED) is 0.758. The number of halogens is 5. The van der Waals surface area contributed by atoms with Crippen LogP contribution < -0.4 is 5.73 Å². The zero-order chi connectivity index (χ0) is 20.2. The molecule has 1 heterocycles. The van der Waals surface area contributed by atoms with Crippen molar-refractivity contribution in [1.29, 1.82) is 0 Å². The third-order valence-corrected chi connectivity index (χ3v) is 3.80. The predicted octanol–water partition coefficient (Wildman–Crippen LogP) is 3.89. The van der Waals surface area contributed by atoms with E-state index in [1.54, 1.807) is 6.07 Å². The summed E-state index contributed by atoms with van der Waals surface area (Å²) in [4.78, 5) is 16.8. The number of amides is 1. The van der Waals surface area contributed by atoms with Crippen LogP contribution >= 0.6 is 0 Å². The van der Waals surface area contributed by atoms with Gasteiger partial charge in [-0.1, -0.05) is 36.4 Å². The normalized spacial score (nSPS) is 17.1. The Bertz CT molecular complexity index is 837. The van der Waals surface area contributed by atoms with E-state index in [2.05, 4.69) is 4.99 Å². The third kappa shape index (κ3) is 5.25. The van der Waals surface area contributed by atoms with E-state index < -0.39 is 29.4 Å². The van der Waals surface area contributed by atoms with Gasteiger partial charge in [0.05, 0.1) is 18.0 Å². The molecular weight excluding hydrogens is 369 g/mol. The molecule has 0 saturated heterocycles. The average Bonchev–Trinajstić information content (AvgIpc) is 2.60. The number of nitrogens with zero attached hydrogens (tertiary/aromatic N) is 2. The molecule has 2 aromatic carbocycles. The van der Waals surface area contributed by atoms with Crippen LogP contribution in [0, 0.1) is 11.6 Å². The Morgan fingerprint density at radius 3 is 2.22 bits per heavy atom. The van der Waals surface area contributed by atoms with Crippen LogP contribution in [-0.2, 0) is 11.0 Å². The molecule has 3 rings (SSSR count). The molecule has 144 valence electrons. The Morgan fingerprint density at radius 1 is 1.11 bits per heavy atom. The van der Waals surface area contributed by atoms with E-state index in [4.69, 9.17) is 5.73 Å². The van der Waals surface area contributed by atoms with Gasteiger partial charge < -0.3 is 5.73 Å². The standard InChI is InChI=1S/C11H11F2N3O.C7H5F3/c1-16-10(17)5-9(15-11(16)14)7-3-2-6(12)4-8(7)13;8-7(9,10)6-4-2-1-3-5-6/h2-4,9H,5H2,1H3,(H2,14,15);1-5H. The molecule has 9 heteroatoms. The fraction of sp³-hybridized carbons (Fsp3) is 0.222. The summed E-state index contributed by atoms with van der Waals surface area (Å²) in [6, 6.07) is 8.86. The Balaban J connectivity index is 0.000000223. The lowest BCUT2D eigenvalue weighted by Crippen LogP contribution is -2.42. The highest BCUT2D eigenvalue weighted by atomic mass is 19.4. The van der Waals surface area contributed by atoms with Gasteiger partial charge in [0.1, 0.15) is 11.6 Å². The molecule has 0 radical (unpaired) electrons. The molecule has 1 unspecified atom stereocenters. The van der Waals surface area contributed by atoms with Crippen molar-refractivity contribution in [1.82, 2.24) is 4.90 Å². The van der Waals surface area contributed by atoms with Gasteiger partial charge in [-0.25, -0.2) is 13.8 Å². The molecule has 2 aromatic rings. The second-order valence-corrected chi connectivity index (χ2v) is 5.69. The van der Waals surface area contributed by atoms with E-state index in [0.717, 1.165) is 24.3 Å². The molecule has 0 aliphatic carbocycles. The maximum absolute atomic E-state index is 13.5. The minimum Gasteiger partial charge on any atom is -0.369 e. The van der Waals surface area contributed by atoms with Crippen molar-refractivity contribution in [2.45, 2.75) is 18.6 Å². The van der Waals surface area contributed by atoms with Crippen molar-refractivity contribution in [2.75, 3.05) is 7.05 Å². The molecular formula is C18H16F5N3O. The molecule has 27 heavy (non-hydrogen) atoms. The van der Waals surface area contributed by atoms with Crippen LogP contribution in [0.3, 0.4) is 0 Å². The second-order valence-electron chi connectivity index (χ2n) is 5.69. The van der Waals surface area contributed by atoms with Gasteiger partial charge in [0, 0.05) is 18.7 Å². The van der Waals surface area contributed by atoms with Crippen LogP contribution in [0.2, 0.25) is 0 Å². The summed E-state index contributed by atoms with van der Waals surface area (Å²) in [5, 5.41) is 0. The molecule has 0 fully saturated rings. The number of benzene rings is 2. The highest BCUT2D eigenvalue weighted by Gasteiger charge is 2.29. The van der Waals surface area contributed by atoms with Crippen molar-refractivity contribution in [2.24, 2.45) is 10.7 Å². The molecule has 0 bridgehead atoms. The van der Waals surface area contributed by atoms with E-state index in [1.807, 2.05) is 0 Å². The van der Waals surface area contributed by atoms with E-state index in [1.165, 1.54) is 30.1 Å². The zero-order valence-electron chi connectivity index (χ0n) is 14.2. The Labute approximate surface area is 152 Å². The largest absolute Gasteiger partial charge is 0.416 e. The number of carbonyl (C=O) groups is 1. The number of nitrogens with two attached hydrogens (primary N) is 1. The van der Waals surface area contributed by atoms with Crippen LogP contribution in [0.1, 0.15) is 23.6 Å². The van der Waals surface area contributed by atoms with Gasteiger partial charge in [0.2, 0.25) is 5.91 Å². The van der Waals surface area contributed by atoms with Gasteiger partial charge in [0.25, 0.3) is 0 Å². The predicted molar refractivity (Wildman–Crippen MR) is 89.6 cm³/mol. The molecule has 2 N–H and O–H groups in total. The Morgan fingerprint density at radius 2 is 1.74 bits per heavy atom. The number of rotatable bonds is 1. The van der Waals surface area contributed by atoms with Crippen LogP contribution in [0.15, 0.2) is 53.5 Å². The summed E-state index contributed by atoms with van der Waals surface area (Å²) in [5.74, 6) is -1.59.